The molecule has 1 saturated heterocycles. The minimum absolute atomic E-state index is 0. The Morgan fingerprint density at radius 3 is 0.975 bits per heavy atom. The van der Waals surface area contributed by atoms with Crippen molar-refractivity contribution in [3.63, 3.8) is 0 Å². The zero-order valence-electron chi connectivity index (χ0n) is 29.7. The summed E-state index contributed by atoms with van der Waals surface area (Å²) in [4.78, 5) is 8.14. The fourth-order valence-electron chi connectivity index (χ4n) is 6.72. The van der Waals surface area contributed by atoms with Crippen molar-refractivity contribution in [1.82, 2.24) is 9.97 Å². The quantitative estimate of drug-likeness (QED) is 0.306. The summed E-state index contributed by atoms with van der Waals surface area (Å²) >= 11 is 0. The first-order valence-corrected chi connectivity index (χ1v) is 15.3. The van der Waals surface area contributed by atoms with E-state index in [1.165, 1.54) is 45.0 Å². The monoisotopic (exact) mass is 676 g/mol. The van der Waals surface area contributed by atoms with E-state index in [1.807, 2.05) is 0 Å². The normalized spacial score (nSPS) is 17.4. The van der Waals surface area contributed by atoms with Gasteiger partial charge in [0.25, 0.3) is 0 Å². The molecule has 2 aromatic rings. The molecule has 1 aliphatic heterocycles. The molecule has 3 nitrogen and oxygen atoms in total. The maximum absolute atomic E-state index is 7.27. The molecule has 2 N–H and O–H groups in total. The summed E-state index contributed by atoms with van der Waals surface area (Å²) in [6.45, 7) is 43.3. The second kappa shape index (κ2) is 10.9. The zero-order valence-corrected chi connectivity index (χ0v) is 34.2. The number of hydrogen-bond donors (Lipinski definition) is 2. The van der Waals surface area contributed by atoms with Crippen LogP contribution in [0.25, 0.3) is 0 Å². The standard InChI is InChI=1S/C36H62N2O.Ba/c1-30(2,3)22-24(28(34(13,14)15)37-26(22)32(7,8)9)36(20-19-21-39-36)25-23(31(4,5)6)27(33(10,11)12)38-29(25)35(16,17)18;/h37-38H,19-21H2,1-18H3;. The second-order valence-corrected chi connectivity index (χ2v) is 18.5. The molecule has 0 aromatic carbocycles. The van der Waals surface area contributed by atoms with Gasteiger partial charge in [0.1, 0.15) is 5.60 Å². The van der Waals surface area contributed by atoms with Crippen LogP contribution in [0.1, 0.15) is 182 Å². The van der Waals surface area contributed by atoms with Gasteiger partial charge in [0, 0.05) is 111 Å². The van der Waals surface area contributed by atoms with E-state index in [4.69, 9.17) is 4.74 Å². The van der Waals surface area contributed by atoms with Crippen molar-refractivity contribution >= 4 is 48.9 Å². The predicted molar refractivity (Wildman–Crippen MR) is 176 cm³/mol. The van der Waals surface area contributed by atoms with E-state index >= 15 is 0 Å². The molecule has 1 aliphatic rings. The molecule has 1 fully saturated rings. The number of hydrogen-bond acceptors (Lipinski definition) is 1. The van der Waals surface area contributed by atoms with Gasteiger partial charge < -0.3 is 14.7 Å². The second-order valence-electron chi connectivity index (χ2n) is 18.5. The van der Waals surface area contributed by atoms with Crippen LogP contribution in [-0.4, -0.2) is 65.5 Å². The van der Waals surface area contributed by atoms with Gasteiger partial charge in [-0.3, -0.25) is 0 Å². The number of nitrogens with one attached hydrogen (secondary N) is 2. The smallest absolute Gasteiger partial charge is 0.122 e. The van der Waals surface area contributed by atoms with E-state index in [0.717, 1.165) is 19.4 Å². The molecule has 0 amide bonds. The molecule has 4 heteroatoms. The van der Waals surface area contributed by atoms with Gasteiger partial charge in [0.15, 0.2) is 0 Å². The molecule has 0 atom stereocenters. The number of rotatable bonds is 2. The van der Waals surface area contributed by atoms with Crippen molar-refractivity contribution in [3.05, 3.63) is 45.0 Å². The summed E-state index contributed by atoms with van der Waals surface area (Å²) in [7, 11) is 0. The van der Waals surface area contributed by atoms with Crippen LogP contribution in [0.2, 0.25) is 0 Å². The third-order valence-electron chi connectivity index (χ3n) is 8.33. The Morgan fingerprint density at radius 2 is 0.775 bits per heavy atom. The van der Waals surface area contributed by atoms with Gasteiger partial charge in [0.2, 0.25) is 0 Å². The Kier molecular flexibility index (Phi) is 9.90. The molecule has 0 saturated carbocycles. The summed E-state index contributed by atoms with van der Waals surface area (Å²) in [6, 6.07) is 0. The molecule has 0 aliphatic carbocycles. The number of aromatic amines is 2. The Bertz CT molecular complexity index is 1100. The Balaban J connectivity index is 0.00000560. The number of aromatic nitrogens is 2. The number of H-pyrrole nitrogens is 2. The third-order valence-corrected chi connectivity index (χ3v) is 8.33. The summed E-state index contributed by atoms with van der Waals surface area (Å²) < 4.78 is 7.27. The Hall–Kier alpha value is 0.0914. The summed E-state index contributed by atoms with van der Waals surface area (Å²) in [6.07, 6.45) is 2.06. The minimum atomic E-state index is -0.517. The molecular formula is C36H62BaN2O. The fraction of sp³-hybridized carbons (Fsp3) is 0.778. The maximum Gasteiger partial charge on any atom is 0.122 e. The Morgan fingerprint density at radius 1 is 0.475 bits per heavy atom. The van der Waals surface area contributed by atoms with E-state index in [-0.39, 0.29) is 81.4 Å². The first-order valence-electron chi connectivity index (χ1n) is 15.3. The van der Waals surface area contributed by atoms with Crippen molar-refractivity contribution in [2.75, 3.05) is 6.61 Å². The van der Waals surface area contributed by atoms with Crippen molar-refractivity contribution in [2.45, 2.75) is 176 Å². The molecule has 0 unspecified atom stereocenters. The molecule has 224 valence electrons. The van der Waals surface area contributed by atoms with Gasteiger partial charge in [-0.1, -0.05) is 125 Å². The van der Waals surface area contributed by atoms with Crippen LogP contribution in [0, 0.1) is 0 Å². The van der Waals surface area contributed by atoms with Crippen LogP contribution in [0.3, 0.4) is 0 Å². The van der Waals surface area contributed by atoms with Crippen molar-refractivity contribution in [2.24, 2.45) is 0 Å². The van der Waals surface area contributed by atoms with Crippen LogP contribution >= 0.6 is 0 Å². The molecule has 3 rings (SSSR count). The molecule has 2 aromatic heterocycles. The fourth-order valence-corrected chi connectivity index (χ4v) is 6.72. The van der Waals surface area contributed by atoms with E-state index < -0.39 is 5.60 Å². The third kappa shape index (κ3) is 6.60. The van der Waals surface area contributed by atoms with Crippen LogP contribution in [-0.2, 0) is 42.8 Å². The molecule has 0 spiro atoms. The van der Waals surface area contributed by atoms with Gasteiger partial charge >= 0.3 is 0 Å². The van der Waals surface area contributed by atoms with Gasteiger partial charge in [-0.05, 0) is 34.8 Å². The summed E-state index contributed by atoms with van der Waals surface area (Å²) in [5, 5.41) is 0. The van der Waals surface area contributed by atoms with Crippen LogP contribution in [0.4, 0.5) is 0 Å². The molecule has 2 radical (unpaired) electrons. The zero-order chi connectivity index (χ0) is 30.4. The van der Waals surface area contributed by atoms with Crippen molar-refractivity contribution in [1.29, 1.82) is 0 Å². The maximum atomic E-state index is 7.27. The Labute approximate surface area is 288 Å². The number of ether oxygens (including phenoxy) is 1. The van der Waals surface area contributed by atoms with Crippen molar-refractivity contribution < 1.29 is 4.74 Å². The van der Waals surface area contributed by atoms with Gasteiger partial charge in [-0.15, -0.1) is 0 Å². The van der Waals surface area contributed by atoms with Gasteiger partial charge in [-0.2, -0.15) is 0 Å². The molecule has 0 bridgehead atoms. The predicted octanol–water partition coefficient (Wildman–Crippen LogP) is 9.80. The van der Waals surface area contributed by atoms with Crippen LogP contribution in [0.5, 0.6) is 0 Å². The van der Waals surface area contributed by atoms with E-state index in [2.05, 4.69) is 135 Å². The van der Waals surface area contributed by atoms with Gasteiger partial charge in [0.05, 0.1) is 0 Å². The average Bonchev–Trinajstić information content (AvgIpc) is 3.39. The van der Waals surface area contributed by atoms with Crippen LogP contribution in [0.15, 0.2) is 0 Å². The molecule has 40 heavy (non-hydrogen) atoms. The molecular weight excluding hydrogens is 614 g/mol. The van der Waals surface area contributed by atoms with Crippen molar-refractivity contribution in [3.8, 4) is 0 Å². The minimum Gasteiger partial charge on any atom is -0.365 e. The van der Waals surface area contributed by atoms with Gasteiger partial charge in [-0.25, -0.2) is 0 Å². The topological polar surface area (TPSA) is 40.8 Å². The SMILES string of the molecule is CC(C)(C)c1[nH]c(C(C)(C)C)c(C2(c3c(C(C)(C)C)[nH]c(C(C)(C)C)c3C(C)(C)C)CCCO2)c1C(C)(C)C.[Ba]. The largest absolute Gasteiger partial charge is 0.365 e. The van der Waals surface area contributed by atoms with E-state index in [1.54, 1.807) is 0 Å². The van der Waals surface area contributed by atoms with E-state index in [0.29, 0.717) is 0 Å². The first-order chi connectivity index (χ1) is 17.1. The summed E-state index contributed by atoms with van der Waals surface area (Å²) in [5.41, 5.74) is 10.3. The first kappa shape index (κ1) is 36.3. The van der Waals surface area contributed by atoms with E-state index in [9.17, 15) is 0 Å². The average molecular weight is 676 g/mol. The summed E-state index contributed by atoms with van der Waals surface area (Å²) in [5.74, 6) is 0. The van der Waals surface area contributed by atoms with Crippen LogP contribution < -0.4 is 0 Å². The molecule has 3 heterocycles.